The number of morpholine rings is 1. The van der Waals surface area contributed by atoms with Crippen LogP contribution in [0.15, 0.2) is 24.3 Å². The normalized spacial score (nSPS) is 16.8. The van der Waals surface area contributed by atoms with E-state index in [2.05, 4.69) is 48.3 Å². The summed E-state index contributed by atoms with van der Waals surface area (Å²) in [7, 11) is 0. The lowest BCUT2D eigenvalue weighted by molar-refractivity contribution is 0.0378. The van der Waals surface area contributed by atoms with Crippen molar-refractivity contribution in [2.75, 3.05) is 44.7 Å². The second-order valence-electron chi connectivity index (χ2n) is 5.51. The summed E-state index contributed by atoms with van der Waals surface area (Å²) >= 11 is 0. The third-order valence-electron chi connectivity index (χ3n) is 3.66. The molecular formula is C16H26N2O. The first kappa shape index (κ1) is 14.4. The zero-order valence-electron chi connectivity index (χ0n) is 12.2. The fraction of sp³-hybridized carbons (Fsp3) is 0.625. The highest BCUT2D eigenvalue weighted by molar-refractivity contribution is 5.44. The lowest BCUT2D eigenvalue weighted by Gasteiger charge is -2.26. The lowest BCUT2D eigenvalue weighted by atomic mass is 10.0. The van der Waals surface area contributed by atoms with E-state index in [-0.39, 0.29) is 0 Å². The lowest BCUT2D eigenvalue weighted by Crippen LogP contribution is -2.37. The molecule has 0 atom stereocenters. The van der Waals surface area contributed by atoms with Gasteiger partial charge in [-0.05, 0) is 36.6 Å². The Balaban J connectivity index is 1.64. The highest BCUT2D eigenvalue weighted by atomic mass is 16.5. The summed E-state index contributed by atoms with van der Waals surface area (Å²) in [6.07, 6.45) is 1.19. The van der Waals surface area contributed by atoms with E-state index >= 15 is 0 Å². The van der Waals surface area contributed by atoms with Crippen LogP contribution >= 0.6 is 0 Å². The Hall–Kier alpha value is -1.06. The van der Waals surface area contributed by atoms with Gasteiger partial charge in [0.05, 0.1) is 13.2 Å². The van der Waals surface area contributed by atoms with Crippen molar-refractivity contribution in [2.24, 2.45) is 0 Å². The van der Waals surface area contributed by atoms with Crippen LogP contribution in [0.4, 0.5) is 5.69 Å². The molecule has 0 aromatic heterocycles. The zero-order chi connectivity index (χ0) is 13.5. The van der Waals surface area contributed by atoms with Crippen LogP contribution in [0.1, 0.15) is 31.7 Å². The van der Waals surface area contributed by atoms with Crippen LogP contribution in [0.25, 0.3) is 0 Å². The predicted octanol–water partition coefficient (Wildman–Crippen LogP) is 2.94. The smallest absolute Gasteiger partial charge is 0.0594 e. The van der Waals surface area contributed by atoms with Gasteiger partial charge in [-0.15, -0.1) is 0 Å². The molecule has 1 aliphatic heterocycles. The minimum Gasteiger partial charge on any atom is -0.385 e. The number of hydrogen-bond donors (Lipinski definition) is 1. The first-order valence-electron chi connectivity index (χ1n) is 7.39. The summed E-state index contributed by atoms with van der Waals surface area (Å²) in [6.45, 7) is 10.6. The monoisotopic (exact) mass is 262 g/mol. The van der Waals surface area contributed by atoms with Crippen LogP contribution in [-0.2, 0) is 4.74 Å². The summed E-state index contributed by atoms with van der Waals surface area (Å²) in [6, 6.07) is 8.80. The number of nitrogens with zero attached hydrogens (tertiary/aromatic N) is 1. The first-order chi connectivity index (χ1) is 9.25. The fourth-order valence-corrected chi connectivity index (χ4v) is 2.35. The molecule has 19 heavy (non-hydrogen) atoms. The van der Waals surface area contributed by atoms with Crippen LogP contribution in [0.3, 0.4) is 0 Å². The molecule has 0 aliphatic carbocycles. The molecule has 0 radical (unpaired) electrons. The SMILES string of the molecule is CC(C)c1ccc(NCCCN2CCOCC2)cc1. The van der Waals surface area contributed by atoms with E-state index in [0.29, 0.717) is 5.92 Å². The minimum absolute atomic E-state index is 0.607. The molecule has 2 rings (SSSR count). The average Bonchev–Trinajstić information content (AvgIpc) is 2.45. The maximum Gasteiger partial charge on any atom is 0.0594 e. The van der Waals surface area contributed by atoms with E-state index in [9.17, 15) is 0 Å². The standard InChI is InChI=1S/C16H26N2O/c1-14(2)15-4-6-16(7-5-15)17-8-3-9-18-10-12-19-13-11-18/h4-7,14,17H,3,8-13H2,1-2H3. The van der Waals surface area contributed by atoms with Gasteiger partial charge in [0.1, 0.15) is 0 Å². The molecule has 1 aliphatic rings. The number of rotatable bonds is 6. The maximum atomic E-state index is 5.35. The van der Waals surface area contributed by atoms with E-state index in [4.69, 9.17) is 4.74 Å². The van der Waals surface area contributed by atoms with Crippen LogP contribution in [0, 0.1) is 0 Å². The second-order valence-corrected chi connectivity index (χ2v) is 5.51. The number of ether oxygens (including phenoxy) is 1. The molecule has 3 nitrogen and oxygen atoms in total. The van der Waals surface area contributed by atoms with E-state index < -0.39 is 0 Å². The maximum absolute atomic E-state index is 5.35. The van der Waals surface area contributed by atoms with Crippen LogP contribution < -0.4 is 5.32 Å². The van der Waals surface area contributed by atoms with Crippen molar-refractivity contribution in [3.05, 3.63) is 29.8 Å². The van der Waals surface area contributed by atoms with Gasteiger partial charge in [0.25, 0.3) is 0 Å². The van der Waals surface area contributed by atoms with Gasteiger partial charge in [-0.1, -0.05) is 26.0 Å². The van der Waals surface area contributed by atoms with Gasteiger partial charge in [0.2, 0.25) is 0 Å². The Morgan fingerprint density at radius 1 is 1.16 bits per heavy atom. The summed E-state index contributed by atoms with van der Waals surface area (Å²) in [4.78, 5) is 2.48. The Morgan fingerprint density at radius 3 is 2.47 bits per heavy atom. The third kappa shape index (κ3) is 4.84. The van der Waals surface area contributed by atoms with Gasteiger partial charge >= 0.3 is 0 Å². The first-order valence-corrected chi connectivity index (χ1v) is 7.39. The van der Waals surface area contributed by atoms with Crippen molar-refractivity contribution < 1.29 is 4.74 Å². The zero-order valence-corrected chi connectivity index (χ0v) is 12.2. The Labute approximate surface area is 116 Å². The van der Waals surface area contributed by atoms with E-state index in [1.807, 2.05) is 0 Å². The Bertz CT molecular complexity index is 356. The number of nitrogens with one attached hydrogen (secondary N) is 1. The number of hydrogen-bond acceptors (Lipinski definition) is 3. The second kappa shape index (κ2) is 7.51. The topological polar surface area (TPSA) is 24.5 Å². The molecule has 0 spiro atoms. The van der Waals surface area contributed by atoms with Gasteiger partial charge < -0.3 is 10.1 Å². The molecule has 106 valence electrons. The minimum atomic E-state index is 0.607. The molecule has 1 aromatic rings. The molecule has 1 fully saturated rings. The van der Waals surface area contributed by atoms with Crippen molar-refractivity contribution in [1.82, 2.24) is 4.90 Å². The third-order valence-corrected chi connectivity index (χ3v) is 3.66. The number of anilines is 1. The Kier molecular flexibility index (Phi) is 5.67. The van der Waals surface area contributed by atoms with Gasteiger partial charge in [-0.3, -0.25) is 4.90 Å². The van der Waals surface area contributed by atoms with Crippen molar-refractivity contribution in [3.63, 3.8) is 0 Å². The summed E-state index contributed by atoms with van der Waals surface area (Å²) in [5.74, 6) is 0.607. The molecule has 1 heterocycles. The fourth-order valence-electron chi connectivity index (χ4n) is 2.35. The van der Waals surface area contributed by atoms with Gasteiger partial charge in [-0.2, -0.15) is 0 Å². The van der Waals surface area contributed by atoms with Crippen molar-refractivity contribution in [1.29, 1.82) is 0 Å². The highest BCUT2D eigenvalue weighted by Gasteiger charge is 2.08. The predicted molar refractivity (Wildman–Crippen MR) is 80.9 cm³/mol. The number of benzene rings is 1. The molecule has 0 unspecified atom stereocenters. The summed E-state index contributed by atoms with van der Waals surface area (Å²) in [5.41, 5.74) is 2.63. The van der Waals surface area contributed by atoms with Gasteiger partial charge in [-0.25, -0.2) is 0 Å². The molecule has 1 saturated heterocycles. The summed E-state index contributed by atoms with van der Waals surface area (Å²) < 4.78 is 5.35. The quantitative estimate of drug-likeness (QED) is 0.798. The van der Waals surface area contributed by atoms with Crippen molar-refractivity contribution in [3.8, 4) is 0 Å². The average molecular weight is 262 g/mol. The van der Waals surface area contributed by atoms with Crippen molar-refractivity contribution in [2.45, 2.75) is 26.2 Å². The van der Waals surface area contributed by atoms with Gasteiger partial charge in [0, 0.05) is 25.3 Å². The van der Waals surface area contributed by atoms with Crippen molar-refractivity contribution >= 4 is 5.69 Å². The van der Waals surface area contributed by atoms with E-state index in [0.717, 1.165) is 32.8 Å². The van der Waals surface area contributed by atoms with Gasteiger partial charge in [0.15, 0.2) is 0 Å². The molecule has 0 amide bonds. The Morgan fingerprint density at radius 2 is 1.84 bits per heavy atom. The summed E-state index contributed by atoms with van der Waals surface area (Å²) in [5, 5.41) is 3.49. The molecule has 0 bridgehead atoms. The largest absolute Gasteiger partial charge is 0.385 e. The van der Waals surface area contributed by atoms with Crippen LogP contribution in [0.2, 0.25) is 0 Å². The molecule has 3 heteroatoms. The van der Waals surface area contributed by atoms with E-state index in [1.165, 1.54) is 24.2 Å². The molecule has 1 aromatic carbocycles. The van der Waals surface area contributed by atoms with Crippen LogP contribution in [-0.4, -0.2) is 44.3 Å². The highest BCUT2D eigenvalue weighted by Crippen LogP contribution is 2.17. The molecular weight excluding hydrogens is 236 g/mol. The molecule has 0 saturated carbocycles. The van der Waals surface area contributed by atoms with E-state index in [1.54, 1.807) is 0 Å². The van der Waals surface area contributed by atoms with Crippen LogP contribution in [0.5, 0.6) is 0 Å². The molecule has 1 N–H and O–H groups in total.